The maximum Gasteiger partial charge on any atom is 0.0893 e. The van der Waals surface area contributed by atoms with Crippen LogP contribution >= 0.6 is 0 Å². The Bertz CT molecular complexity index is 750. The number of anilines is 1. The average molecular weight is 348 g/mol. The predicted octanol–water partition coefficient (Wildman–Crippen LogP) is 5.73. The van der Waals surface area contributed by atoms with Gasteiger partial charge in [-0.2, -0.15) is 0 Å². The van der Waals surface area contributed by atoms with Crippen molar-refractivity contribution in [1.29, 1.82) is 0 Å². The van der Waals surface area contributed by atoms with Gasteiger partial charge in [0.2, 0.25) is 0 Å². The van der Waals surface area contributed by atoms with E-state index < -0.39 is 0 Å². The number of hydrogen-bond donors (Lipinski definition) is 1. The molecule has 0 unspecified atom stereocenters. The van der Waals surface area contributed by atoms with Crippen LogP contribution < -0.4 is 5.32 Å². The summed E-state index contributed by atoms with van der Waals surface area (Å²) < 4.78 is 6.27. The monoisotopic (exact) mass is 347 g/mol. The van der Waals surface area contributed by atoms with E-state index in [1.54, 1.807) is 0 Å². The number of ether oxygens (including phenoxy) is 1. The Morgan fingerprint density at radius 1 is 0.885 bits per heavy atom. The molecule has 3 aliphatic rings. The summed E-state index contributed by atoms with van der Waals surface area (Å²) in [6, 6.07) is 18.4. The SMILES string of the molecule is c1ccc(Cc2ccc3c(c2)[C@H]2OCC[C@H]2[C@@H](C2CCCCC2)N3)cc1. The van der Waals surface area contributed by atoms with Crippen molar-refractivity contribution in [2.45, 2.75) is 57.1 Å². The molecule has 0 aromatic heterocycles. The summed E-state index contributed by atoms with van der Waals surface area (Å²) in [5.41, 5.74) is 5.48. The Hall–Kier alpha value is -1.80. The number of rotatable bonds is 3. The first-order chi connectivity index (χ1) is 12.9. The van der Waals surface area contributed by atoms with Crippen molar-refractivity contribution in [3.05, 3.63) is 65.2 Å². The molecule has 2 aromatic carbocycles. The largest absolute Gasteiger partial charge is 0.381 e. The first-order valence-electron chi connectivity index (χ1n) is 10.4. The highest BCUT2D eigenvalue weighted by Crippen LogP contribution is 2.48. The van der Waals surface area contributed by atoms with Crippen molar-refractivity contribution in [1.82, 2.24) is 0 Å². The van der Waals surface area contributed by atoms with E-state index in [0.29, 0.717) is 18.1 Å². The molecule has 2 heteroatoms. The highest BCUT2D eigenvalue weighted by atomic mass is 16.5. The summed E-state index contributed by atoms with van der Waals surface area (Å²) in [5, 5.41) is 3.95. The fourth-order valence-electron chi connectivity index (χ4n) is 5.46. The van der Waals surface area contributed by atoms with Gasteiger partial charge in [-0.15, -0.1) is 0 Å². The topological polar surface area (TPSA) is 21.3 Å². The highest BCUT2D eigenvalue weighted by Gasteiger charge is 2.43. The molecule has 2 heterocycles. The molecule has 1 N–H and O–H groups in total. The van der Waals surface area contributed by atoms with Crippen LogP contribution in [0.3, 0.4) is 0 Å². The molecule has 26 heavy (non-hydrogen) atoms. The molecule has 1 saturated carbocycles. The molecule has 2 nitrogen and oxygen atoms in total. The predicted molar refractivity (Wildman–Crippen MR) is 106 cm³/mol. The van der Waals surface area contributed by atoms with Gasteiger partial charge < -0.3 is 10.1 Å². The molecule has 3 atom stereocenters. The zero-order valence-corrected chi connectivity index (χ0v) is 15.5. The summed E-state index contributed by atoms with van der Waals surface area (Å²) in [4.78, 5) is 0. The van der Waals surface area contributed by atoms with Crippen LogP contribution in [0, 0.1) is 11.8 Å². The summed E-state index contributed by atoms with van der Waals surface area (Å²) in [7, 11) is 0. The number of nitrogens with one attached hydrogen (secondary N) is 1. The lowest BCUT2D eigenvalue weighted by Crippen LogP contribution is -2.42. The Morgan fingerprint density at radius 3 is 2.58 bits per heavy atom. The van der Waals surface area contributed by atoms with Gasteiger partial charge >= 0.3 is 0 Å². The maximum atomic E-state index is 6.27. The van der Waals surface area contributed by atoms with E-state index in [1.807, 2.05) is 0 Å². The zero-order chi connectivity index (χ0) is 17.3. The van der Waals surface area contributed by atoms with E-state index in [2.05, 4.69) is 53.8 Å². The molecule has 5 rings (SSSR count). The maximum absolute atomic E-state index is 6.27. The Kier molecular flexibility index (Phi) is 4.46. The molecule has 1 aliphatic carbocycles. The summed E-state index contributed by atoms with van der Waals surface area (Å²) >= 11 is 0. The van der Waals surface area contributed by atoms with Gasteiger partial charge in [-0.1, -0.05) is 61.7 Å². The molecular formula is C24H29NO. The van der Waals surface area contributed by atoms with Gasteiger partial charge in [0.05, 0.1) is 6.10 Å². The first kappa shape index (κ1) is 16.4. The molecule has 2 aromatic rings. The zero-order valence-electron chi connectivity index (χ0n) is 15.5. The number of benzene rings is 2. The van der Waals surface area contributed by atoms with E-state index in [-0.39, 0.29) is 0 Å². The molecular weight excluding hydrogens is 318 g/mol. The van der Waals surface area contributed by atoms with Crippen LogP contribution in [0.1, 0.15) is 61.3 Å². The van der Waals surface area contributed by atoms with Gasteiger partial charge in [-0.25, -0.2) is 0 Å². The first-order valence-corrected chi connectivity index (χ1v) is 10.4. The molecule has 2 aliphatic heterocycles. The summed E-state index contributed by atoms with van der Waals surface area (Å²) in [5.74, 6) is 1.48. The standard InChI is InChI=1S/C24H29NO/c1-3-7-17(8-4-1)15-18-11-12-22-21(16-18)24-20(13-14-26-24)23(25-22)19-9-5-2-6-10-19/h1,3-4,7-8,11-12,16,19-20,23-25H,2,5-6,9-10,13-15H2/t20-,23+,24-/m0/s1. The molecule has 0 amide bonds. The van der Waals surface area contributed by atoms with Crippen molar-refractivity contribution in [2.24, 2.45) is 11.8 Å². The molecule has 136 valence electrons. The fraction of sp³-hybridized carbons (Fsp3) is 0.500. The normalized spacial score (nSPS) is 28.2. The third-order valence-corrected chi connectivity index (χ3v) is 6.75. The third-order valence-electron chi connectivity index (χ3n) is 6.75. The van der Waals surface area contributed by atoms with Crippen LogP contribution in [-0.2, 0) is 11.2 Å². The number of hydrogen-bond acceptors (Lipinski definition) is 2. The van der Waals surface area contributed by atoms with Crippen LogP contribution in [0.25, 0.3) is 0 Å². The second kappa shape index (κ2) is 7.08. The van der Waals surface area contributed by atoms with Crippen molar-refractivity contribution in [3.63, 3.8) is 0 Å². The van der Waals surface area contributed by atoms with E-state index in [9.17, 15) is 0 Å². The van der Waals surface area contributed by atoms with Gasteiger partial charge in [0.25, 0.3) is 0 Å². The van der Waals surface area contributed by atoms with E-state index in [4.69, 9.17) is 4.74 Å². The van der Waals surface area contributed by atoms with Crippen LogP contribution in [0.5, 0.6) is 0 Å². The minimum absolute atomic E-state index is 0.300. The van der Waals surface area contributed by atoms with Gasteiger partial charge in [-0.3, -0.25) is 0 Å². The highest BCUT2D eigenvalue weighted by molar-refractivity contribution is 5.58. The minimum atomic E-state index is 0.300. The average Bonchev–Trinajstić information content (AvgIpc) is 3.19. The van der Waals surface area contributed by atoms with E-state index in [0.717, 1.165) is 18.9 Å². The Morgan fingerprint density at radius 2 is 1.73 bits per heavy atom. The Balaban J connectivity index is 1.42. The van der Waals surface area contributed by atoms with Crippen LogP contribution in [-0.4, -0.2) is 12.6 Å². The van der Waals surface area contributed by atoms with Crippen LogP contribution in [0.15, 0.2) is 48.5 Å². The van der Waals surface area contributed by atoms with Crippen LogP contribution in [0.2, 0.25) is 0 Å². The summed E-state index contributed by atoms with van der Waals surface area (Å²) in [6.07, 6.45) is 9.53. The molecule has 0 radical (unpaired) electrons. The lowest BCUT2D eigenvalue weighted by atomic mass is 9.73. The molecule has 2 fully saturated rings. The van der Waals surface area contributed by atoms with Crippen LogP contribution in [0.4, 0.5) is 5.69 Å². The molecule has 1 saturated heterocycles. The van der Waals surface area contributed by atoms with Gasteiger partial charge in [0, 0.05) is 29.8 Å². The fourth-order valence-corrected chi connectivity index (χ4v) is 5.46. The lowest BCUT2D eigenvalue weighted by molar-refractivity contribution is 0.0731. The van der Waals surface area contributed by atoms with E-state index in [1.165, 1.54) is 60.9 Å². The smallest absolute Gasteiger partial charge is 0.0893 e. The minimum Gasteiger partial charge on any atom is -0.381 e. The quantitative estimate of drug-likeness (QED) is 0.765. The van der Waals surface area contributed by atoms with Crippen molar-refractivity contribution < 1.29 is 4.74 Å². The second-order valence-electron chi connectivity index (χ2n) is 8.40. The summed E-state index contributed by atoms with van der Waals surface area (Å²) in [6.45, 7) is 0.919. The van der Waals surface area contributed by atoms with Crippen molar-refractivity contribution >= 4 is 5.69 Å². The Labute approximate surface area is 157 Å². The molecule has 0 spiro atoms. The van der Waals surface area contributed by atoms with Gasteiger partial charge in [-0.05, 0) is 48.8 Å². The second-order valence-corrected chi connectivity index (χ2v) is 8.40. The van der Waals surface area contributed by atoms with Gasteiger partial charge in [0.1, 0.15) is 0 Å². The van der Waals surface area contributed by atoms with Gasteiger partial charge in [0.15, 0.2) is 0 Å². The van der Waals surface area contributed by atoms with Crippen molar-refractivity contribution in [2.75, 3.05) is 11.9 Å². The van der Waals surface area contributed by atoms with Crippen molar-refractivity contribution in [3.8, 4) is 0 Å². The molecule has 0 bridgehead atoms. The van der Waals surface area contributed by atoms with E-state index >= 15 is 0 Å². The third kappa shape index (κ3) is 3.05. The number of fused-ring (bicyclic) bond motifs is 3. The lowest BCUT2D eigenvalue weighted by Gasteiger charge is -2.42.